The third-order valence-electron chi connectivity index (χ3n) is 6.15. The van der Waals surface area contributed by atoms with E-state index < -0.39 is 80.6 Å². The number of rotatable bonds is 10. The number of Topliss-reactive ketones (excluding diaryl/α,β-unsaturated/α-hetero) is 1. The number of carbonyl (C=O) groups excluding carboxylic acids is 2. The van der Waals surface area contributed by atoms with Crippen molar-refractivity contribution >= 4 is 29.5 Å². The van der Waals surface area contributed by atoms with Crippen LogP contribution in [0.4, 0.5) is 40.8 Å². The molecule has 0 heterocycles. The molecule has 0 aliphatic carbocycles. The van der Waals surface area contributed by atoms with Crippen LogP contribution in [0.3, 0.4) is 0 Å². The van der Waals surface area contributed by atoms with E-state index in [9.17, 15) is 44.7 Å². The fourth-order valence-electron chi connectivity index (χ4n) is 4.05. The topological polar surface area (TPSA) is 46.2 Å². The summed E-state index contributed by atoms with van der Waals surface area (Å²) >= 11 is 0. The van der Waals surface area contributed by atoms with Gasteiger partial charge in [-0.05, 0) is 45.2 Å². The number of hydrogen-bond acceptors (Lipinski definition) is 2. The van der Waals surface area contributed by atoms with E-state index in [1.807, 2.05) is 5.32 Å². The standard InChI is InChI=1S/C30H23F8NO2/c1-3-7-17-21(31)18(23(33)25(35)22(17)32)9-5-6-10-20(40)15-11-13-16(14-12-15)30(41)39-29-19(8-4-2)24(34)26(36)27(37)28(29)38/h3-4,7-8,11-14H,5-6,9-10H2,1-2H3,(H,39,41)/b7-3+,8-4+. The number of hydrogen-bond donors (Lipinski definition) is 1. The van der Waals surface area contributed by atoms with Gasteiger partial charge in [-0.25, -0.2) is 35.1 Å². The van der Waals surface area contributed by atoms with Crippen molar-refractivity contribution in [1.29, 1.82) is 0 Å². The maximum atomic E-state index is 14.5. The number of ketones is 1. The smallest absolute Gasteiger partial charge is 0.255 e. The molecule has 1 amide bonds. The molecule has 11 heteroatoms. The van der Waals surface area contributed by atoms with Gasteiger partial charge in [0.2, 0.25) is 0 Å². The second-order valence-corrected chi connectivity index (χ2v) is 8.85. The van der Waals surface area contributed by atoms with Crippen LogP contribution in [-0.2, 0) is 6.42 Å². The van der Waals surface area contributed by atoms with E-state index in [0.29, 0.717) is 0 Å². The Kier molecular flexibility index (Phi) is 10.2. The van der Waals surface area contributed by atoms with Crippen molar-refractivity contribution in [3.63, 3.8) is 0 Å². The molecular weight excluding hydrogens is 558 g/mol. The molecule has 0 aliphatic rings. The highest BCUT2D eigenvalue weighted by Crippen LogP contribution is 2.30. The second-order valence-electron chi connectivity index (χ2n) is 8.85. The first-order valence-corrected chi connectivity index (χ1v) is 12.3. The molecule has 3 aromatic rings. The molecule has 0 saturated carbocycles. The van der Waals surface area contributed by atoms with Crippen LogP contribution in [0.25, 0.3) is 12.2 Å². The van der Waals surface area contributed by atoms with Gasteiger partial charge < -0.3 is 5.32 Å². The van der Waals surface area contributed by atoms with Crippen LogP contribution < -0.4 is 5.32 Å². The van der Waals surface area contributed by atoms with Gasteiger partial charge in [0.05, 0.1) is 5.69 Å². The Morgan fingerprint density at radius 2 is 1.15 bits per heavy atom. The number of halogens is 8. The Labute approximate surface area is 230 Å². The molecule has 216 valence electrons. The lowest BCUT2D eigenvalue weighted by Gasteiger charge is -2.13. The summed E-state index contributed by atoms with van der Waals surface area (Å²) in [5.41, 5.74) is -2.89. The lowest BCUT2D eigenvalue weighted by atomic mass is 9.99. The number of nitrogens with one attached hydrogen (secondary N) is 1. The van der Waals surface area contributed by atoms with Crippen LogP contribution in [0.2, 0.25) is 0 Å². The molecule has 0 unspecified atom stereocenters. The number of amides is 1. The van der Waals surface area contributed by atoms with E-state index in [2.05, 4.69) is 0 Å². The monoisotopic (exact) mass is 581 g/mol. The van der Waals surface area contributed by atoms with Gasteiger partial charge in [0.1, 0.15) is 5.82 Å². The zero-order chi connectivity index (χ0) is 30.4. The van der Waals surface area contributed by atoms with Gasteiger partial charge in [-0.2, -0.15) is 0 Å². The second kappa shape index (κ2) is 13.4. The Morgan fingerprint density at radius 3 is 1.76 bits per heavy atom. The normalized spacial score (nSPS) is 11.6. The molecule has 1 N–H and O–H groups in total. The van der Waals surface area contributed by atoms with Gasteiger partial charge in [0, 0.05) is 34.2 Å². The summed E-state index contributed by atoms with van der Waals surface area (Å²) in [5, 5.41) is 2.01. The molecule has 0 saturated heterocycles. The van der Waals surface area contributed by atoms with Gasteiger partial charge in [0.15, 0.2) is 46.5 Å². The number of carbonyl (C=O) groups is 2. The summed E-state index contributed by atoms with van der Waals surface area (Å²) in [5.74, 6) is -15.3. The van der Waals surface area contributed by atoms with Gasteiger partial charge in [-0.1, -0.05) is 36.4 Å². The van der Waals surface area contributed by atoms with Crippen LogP contribution in [-0.4, -0.2) is 11.7 Å². The van der Waals surface area contributed by atoms with E-state index in [-0.39, 0.29) is 36.8 Å². The molecule has 0 aliphatic heterocycles. The Morgan fingerprint density at radius 1 is 0.634 bits per heavy atom. The van der Waals surface area contributed by atoms with Gasteiger partial charge in [-0.15, -0.1) is 0 Å². The van der Waals surface area contributed by atoms with E-state index in [4.69, 9.17) is 0 Å². The highest BCUT2D eigenvalue weighted by Gasteiger charge is 2.26. The van der Waals surface area contributed by atoms with E-state index in [1.165, 1.54) is 50.3 Å². The first-order valence-electron chi connectivity index (χ1n) is 12.3. The van der Waals surface area contributed by atoms with Crippen LogP contribution in [0, 0.1) is 46.5 Å². The minimum absolute atomic E-state index is 0.0747. The quantitative estimate of drug-likeness (QED) is 0.0856. The minimum Gasteiger partial charge on any atom is -0.319 e. The van der Waals surface area contributed by atoms with Gasteiger partial charge in [0.25, 0.3) is 5.91 Å². The van der Waals surface area contributed by atoms with Crippen LogP contribution >= 0.6 is 0 Å². The maximum Gasteiger partial charge on any atom is 0.255 e. The van der Waals surface area contributed by atoms with Crippen molar-refractivity contribution in [1.82, 2.24) is 0 Å². The summed E-state index contributed by atoms with van der Waals surface area (Å²) in [4.78, 5) is 25.1. The zero-order valence-electron chi connectivity index (χ0n) is 21.8. The maximum absolute atomic E-state index is 14.5. The third-order valence-corrected chi connectivity index (χ3v) is 6.15. The zero-order valence-corrected chi connectivity index (χ0v) is 21.8. The average molecular weight is 582 g/mol. The average Bonchev–Trinajstić information content (AvgIpc) is 2.97. The van der Waals surface area contributed by atoms with E-state index in [0.717, 1.165) is 12.2 Å². The lowest BCUT2D eigenvalue weighted by Crippen LogP contribution is -2.16. The molecule has 3 aromatic carbocycles. The minimum atomic E-state index is -2.10. The predicted octanol–water partition coefficient (Wildman–Crippen LogP) is 8.71. The summed E-state index contributed by atoms with van der Waals surface area (Å²) in [7, 11) is 0. The first-order chi connectivity index (χ1) is 19.4. The van der Waals surface area contributed by atoms with Crippen LogP contribution in [0.1, 0.15) is 70.5 Å². The summed E-state index contributed by atoms with van der Waals surface area (Å²) in [6.45, 7) is 2.87. The molecule has 0 fully saturated rings. The van der Waals surface area contributed by atoms with Crippen molar-refractivity contribution in [2.24, 2.45) is 0 Å². The Balaban J connectivity index is 1.66. The molecular formula is C30H23F8NO2. The highest BCUT2D eigenvalue weighted by molar-refractivity contribution is 6.06. The molecule has 0 bridgehead atoms. The lowest BCUT2D eigenvalue weighted by molar-refractivity contribution is 0.0976. The molecule has 3 rings (SSSR count). The molecule has 0 spiro atoms. The molecule has 3 nitrogen and oxygen atoms in total. The molecule has 41 heavy (non-hydrogen) atoms. The van der Waals surface area contributed by atoms with Crippen molar-refractivity contribution in [2.75, 3.05) is 5.32 Å². The van der Waals surface area contributed by atoms with Gasteiger partial charge in [-0.3, -0.25) is 9.59 Å². The molecule has 0 atom stereocenters. The van der Waals surface area contributed by atoms with Crippen molar-refractivity contribution in [3.05, 3.63) is 111 Å². The van der Waals surface area contributed by atoms with E-state index in [1.54, 1.807) is 0 Å². The largest absolute Gasteiger partial charge is 0.319 e. The van der Waals surface area contributed by atoms with E-state index >= 15 is 0 Å². The van der Waals surface area contributed by atoms with Crippen LogP contribution in [0.15, 0.2) is 36.4 Å². The highest BCUT2D eigenvalue weighted by atomic mass is 19.2. The Hall–Kier alpha value is -4.28. The SMILES string of the molecule is C/C=C/c1c(F)c(F)c(F)c(CCCCC(=O)c2ccc(C(=O)Nc3c(F)c(F)c(F)c(F)c3/C=C/C)cc2)c1F. The number of unbranched alkanes of at least 4 members (excludes halogenated alkanes) is 1. The van der Waals surface area contributed by atoms with Crippen molar-refractivity contribution < 1.29 is 44.7 Å². The Bertz CT molecular complexity index is 1550. The summed E-state index contributed by atoms with van der Waals surface area (Å²) in [6.07, 6.45) is 4.30. The van der Waals surface area contributed by atoms with Crippen molar-refractivity contribution in [3.8, 4) is 0 Å². The fraction of sp³-hybridized carbons (Fsp3) is 0.200. The number of benzene rings is 3. The molecule has 0 radical (unpaired) electrons. The first kappa shape index (κ1) is 31.3. The van der Waals surface area contributed by atoms with Crippen LogP contribution in [0.5, 0.6) is 0 Å². The van der Waals surface area contributed by atoms with Crippen molar-refractivity contribution in [2.45, 2.75) is 39.5 Å². The van der Waals surface area contributed by atoms with Gasteiger partial charge >= 0.3 is 0 Å². The predicted molar refractivity (Wildman–Crippen MR) is 138 cm³/mol. The third kappa shape index (κ3) is 6.55. The summed E-state index contributed by atoms with van der Waals surface area (Å²) < 4.78 is 112. The molecule has 0 aromatic heterocycles. The number of anilines is 1. The fourth-order valence-corrected chi connectivity index (χ4v) is 4.05. The summed E-state index contributed by atoms with van der Waals surface area (Å²) in [6, 6.07) is 4.93. The number of allylic oxidation sites excluding steroid dienone is 2.